The number of hydrogen-bond acceptors (Lipinski definition) is 4. The van der Waals surface area contributed by atoms with Gasteiger partial charge in [-0.1, -0.05) is 12.1 Å². The Labute approximate surface area is 129 Å². The van der Waals surface area contributed by atoms with Crippen LogP contribution in [0.25, 0.3) is 0 Å². The summed E-state index contributed by atoms with van der Waals surface area (Å²) in [5.41, 5.74) is 0.554. The molecule has 4 nitrogen and oxygen atoms in total. The molecule has 1 aliphatic rings. The van der Waals surface area contributed by atoms with E-state index in [-0.39, 0.29) is 24.0 Å². The van der Waals surface area contributed by atoms with Crippen LogP contribution in [-0.2, 0) is 4.74 Å². The fourth-order valence-electron chi connectivity index (χ4n) is 2.87. The highest BCUT2D eigenvalue weighted by molar-refractivity contribution is 5.30. The first kappa shape index (κ1) is 17.1. The van der Waals surface area contributed by atoms with E-state index >= 15 is 0 Å². The number of aliphatic hydroxyl groups excluding tert-OH is 1. The number of alkyl halides is 2. The van der Waals surface area contributed by atoms with Gasteiger partial charge in [0.25, 0.3) is 0 Å². The summed E-state index contributed by atoms with van der Waals surface area (Å²) in [7, 11) is 0. The molecule has 124 valence electrons. The van der Waals surface area contributed by atoms with Crippen molar-refractivity contribution < 1.29 is 23.4 Å². The van der Waals surface area contributed by atoms with Crippen LogP contribution in [0, 0.1) is 0 Å². The fraction of sp³-hybridized carbons (Fsp3) is 0.625. The van der Waals surface area contributed by atoms with E-state index in [1.165, 1.54) is 12.1 Å². The number of halogens is 2. The maximum atomic E-state index is 12.2. The van der Waals surface area contributed by atoms with Gasteiger partial charge in [0.1, 0.15) is 5.75 Å². The van der Waals surface area contributed by atoms with E-state index in [0.717, 1.165) is 12.8 Å². The Balaban J connectivity index is 1.87. The molecule has 1 aromatic rings. The van der Waals surface area contributed by atoms with Crippen LogP contribution in [0.15, 0.2) is 24.3 Å². The molecule has 1 aromatic carbocycles. The van der Waals surface area contributed by atoms with Crippen molar-refractivity contribution in [1.29, 1.82) is 0 Å². The van der Waals surface area contributed by atoms with Crippen molar-refractivity contribution in [2.45, 2.75) is 57.7 Å². The summed E-state index contributed by atoms with van der Waals surface area (Å²) in [5.74, 6) is 0.0554. The first-order valence-corrected chi connectivity index (χ1v) is 7.55. The molecule has 1 unspecified atom stereocenters. The quantitative estimate of drug-likeness (QED) is 0.847. The molecule has 0 aromatic heterocycles. The average Bonchev–Trinajstić information content (AvgIpc) is 2.43. The third-order valence-corrected chi connectivity index (χ3v) is 3.77. The minimum atomic E-state index is -2.87. The van der Waals surface area contributed by atoms with E-state index in [9.17, 15) is 13.9 Å². The van der Waals surface area contributed by atoms with Crippen molar-refractivity contribution in [2.75, 3.05) is 6.54 Å². The summed E-state index contributed by atoms with van der Waals surface area (Å²) in [4.78, 5) is 0. The summed E-state index contributed by atoms with van der Waals surface area (Å²) in [5, 5.41) is 13.5. The molecule has 0 spiro atoms. The van der Waals surface area contributed by atoms with Crippen LogP contribution in [0.2, 0.25) is 0 Å². The predicted octanol–water partition coefficient (Wildman–Crippen LogP) is 2.87. The molecule has 6 heteroatoms. The van der Waals surface area contributed by atoms with Gasteiger partial charge in [-0.3, -0.25) is 0 Å². The van der Waals surface area contributed by atoms with Gasteiger partial charge in [-0.05, 0) is 44.4 Å². The molecule has 2 rings (SSSR count). The zero-order chi connectivity index (χ0) is 16.1. The van der Waals surface area contributed by atoms with Crippen LogP contribution in [0.5, 0.6) is 5.75 Å². The summed E-state index contributed by atoms with van der Waals surface area (Å²) >= 11 is 0. The number of rotatable bonds is 6. The van der Waals surface area contributed by atoms with Gasteiger partial charge < -0.3 is 19.9 Å². The highest BCUT2D eigenvalue weighted by Crippen LogP contribution is 2.22. The molecule has 0 aliphatic carbocycles. The van der Waals surface area contributed by atoms with E-state index in [2.05, 4.69) is 10.1 Å². The molecule has 1 aliphatic heterocycles. The Morgan fingerprint density at radius 1 is 1.32 bits per heavy atom. The van der Waals surface area contributed by atoms with Crippen LogP contribution in [0.1, 0.15) is 38.4 Å². The number of hydrogen-bond donors (Lipinski definition) is 2. The fourth-order valence-corrected chi connectivity index (χ4v) is 2.87. The van der Waals surface area contributed by atoms with Crippen LogP contribution in [0.3, 0.4) is 0 Å². The lowest BCUT2D eigenvalue weighted by molar-refractivity contribution is -0.0499. The minimum Gasteiger partial charge on any atom is -0.435 e. The summed E-state index contributed by atoms with van der Waals surface area (Å²) in [6.07, 6.45) is 1.41. The number of ether oxygens (including phenoxy) is 2. The highest BCUT2D eigenvalue weighted by Gasteiger charge is 2.24. The Hall–Kier alpha value is -1.24. The predicted molar refractivity (Wildman–Crippen MR) is 79.1 cm³/mol. The highest BCUT2D eigenvalue weighted by atomic mass is 19.3. The molecule has 2 N–H and O–H groups in total. The summed E-state index contributed by atoms with van der Waals surface area (Å²) < 4.78 is 34.4. The monoisotopic (exact) mass is 315 g/mol. The second-order valence-electron chi connectivity index (χ2n) is 5.80. The van der Waals surface area contributed by atoms with Crippen molar-refractivity contribution in [3.05, 3.63) is 29.8 Å². The Morgan fingerprint density at radius 3 is 2.64 bits per heavy atom. The van der Waals surface area contributed by atoms with Crippen molar-refractivity contribution in [2.24, 2.45) is 0 Å². The van der Waals surface area contributed by atoms with Crippen LogP contribution in [0.4, 0.5) is 8.78 Å². The smallest absolute Gasteiger partial charge is 0.387 e. The van der Waals surface area contributed by atoms with E-state index in [1.807, 2.05) is 13.8 Å². The lowest BCUT2D eigenvalue weighted by atomic mass is 9.99. The Morgan fingerprint density at radius 2 is 2.00 bits per heavy atom. The molecule has 4 atom stereocenters. The second-order valence-corrected chi connectivity index (χ2v) is 5.80. The van der Waals surface area contributed by atoms with Crippen LogP contribution in [-0.4, -0.2) is 36.5 Å². The van der Waals surface area contributed by atoms with Gasteiger partial charge in [0.2, 0.25) is 0 Å². The minimum absolute atomic E-state index is 0.0554. The zero-order valence-electron chi connectivity index (χ0n) is 12.8. The Kier molecular flexibility index (Phi) is 6.11. The molecular formula is C16H23F2NO3. The van der Waals surface area contributed by atoms with E-state index in [1.54, 1.807) is 12.1 Å². The molecule has 1 saturated heterocycles. The lowest BCUT2D eigenvalue weighted by Crippen LogP contribution is -2.42. The van der Waals surface area contributed by atoms with Crippen molar-refractivity contribution >= 4 is 0 Å². The molecule has 0 amide bonds. The van der Waals surface area contributed by atoms with Gasteiger partial charge in [-0.25, -0.2) is 0 Å². The third-order valence-electron chi connectivity index (χ3n) is 3.77. The van der Waals surface area contributed by atoms with Crippen molar-refractivity contribution in [1.82, 2.24) is 5.32 Å². The normalized spacial score (nSPS) is 26.9. The molecule has 22 heavy (non-hydrogen) atoms. The number of nitrogens with one attached hydrogen (secondary N) is 1. The second kappa shape index (κ2) is 7.85. The van der Waals surface area contributed by atoms with E-state index < -0.39 is 12.7 Å². The SMILES string of the molecule is C[C@@H]1CC(NC[C@H](O)c2cccc(OC(F)F)c2)C[C@H](C)O1. The molecular weight excluding hydrogens is 292 g/mol. The van der Waals surface area contributed by atoms with Crippen molar-refractivity contribution in [3.63, 3.8) is 0 Å². The van der Waals surface area contributed by atoms with Gasteiger partial charge in [-0.2, -0.15) is 8.78 Å². The summed E-state index contributed by atoms with van der Waals surface area (Å²) in [6.45, 7) is 1.57. The largest absolute Gasteiger partial charge is 0.435 e. The van der Waals surface area contributed by atoms with Gasteiger partial charge in [0.05, 0.1) is 18.3 Å². The molecule has 0 bridgehead atoms. The average molecular weight is 315 g/mol. The number of aliphatic hydroxyl groups is 1. The third kappa shape index (κ3) is 5.19. The van der Waals surface area contributed by atoms with Gasteiger partial charge in [0.15, 0.2) is 0 Å². The molecule has 0 radical (unpaired) electrons. The first-order chi connectivity index (χ1) is 10.4. The maximum absolute atomic E-state index is 12.2. The molecule has 1 fully saturated rings. The topological polar surface area (TPSA) is 50.7 Å². The molecule has 1 heterocycles. The standard InChI is InChI=1S/C16H23F2NO3/c1-10-6-13(7-11(2)21-10)19-9-15(20)12-4-3-5-14(8-12)22-16(17)18/h3-5,8,10-11,13,15-16,19-20H,6-7,9H2,1-2H3/t10-,11+,13?,15-/m0/s1. The van der Waals surface area contributed by atoms with E-state index in [4.69, 9.17) is 4.74 Å². The summed E-state index contributed by atoms with van der Waals surface area (Å²) in [6, 6.07) is 6.45. The first-order valence-electron chi connectivity index (χ1n) is 7.55. The number of benzene rings is 1. The van der Waals surface area contributed by atoms with E-state index in [0.29, 0.717) is 12.1 Å². The van der Waals surface area contributed by atoms with Gasteiger partial charge in [-0.15, -0.1) is 0 Å². The maximum Gasteiger partial charge on any atom is 0.387 e. The van der Waals surface area contributed by atoms with Crippen molar-refractivity contribution in [3.8, 4) is 5.75 Å². The van der Waals surface area contributed by atoms with Gasteiger partial charge in [0, 0.05) is 12.6 Å². The molecule has 0 saturated carbocycles. The Bertz CT molecular complexity index is 462. The van der Waals surface area contributed by atoms with Crippen LogP contribution >= 0.6 is 0 Å². The zero-order valence-corrected chi connectivity index (χ0v) is 12.8. The lowest BCUT2D eigenvalue weighted by Gasteiger charge is -2.33. The van der Waals surface area contributed by atoms with Gasteiger partial charge >= 0.3 is 6.61 Å². The van der Waals surface area contributed by atoms with Crippen LogP contribution < -0.4 is 10.1 Å².